The molecule has 2 aromatic carbocycles. The lowest BCUT2D eigenvalue weighted by molar-refractivity contribution is 0.0627. The molecule has 0 saturated carbocycles. The summed E-state index contributed by atoms with van der Waals surface area (Å²) in [7, 11) is 0. The van der Waals surface area contributed by atoms with Gasteiger partial charge in [-0.2, -0.15) is 0 Å². The molecule has 2 aromatic heterocycles. The van der Waals surface area contributed by atoms with Crippen LogP contribution in [0, 0.1) is 12.7 Å². The third-order valence-electron chi connectivity index (χ3n) is 5.63. The zero-order chi connectivity index (χ0) is 22.2. The van der Waals surface area contributed by atoms with Gasteiger partial charge in [0.15, 0.2) is 0 Å². The summed E-state index contributed by atoms with van der Waals surface area (Å²) in [5, 5.41) is 5.21. The minimum Gasteiger partial charge on any atom is -0.360 e. The number of amides is 1. The van der Waals surface area contributed by atoms with Crippen molar-refractivity contribution in [2.24, 2.45) is 0 Å². The number of thiazole rings is 1. The summed E-state index contributed by atoms with van der Waals surface area (Å²) in [4.78, 5) is 22.1. The van der Waals surface area contributed by atoms with Gasteiger partial charge in [-0.1, -0.05) is 35.0 Å². The molecular formula is C23H20ClFN4O2S. The van der Waals surface area contributed by atoms with Gasteiger partial charge in [0.25, 0.3) is 5.91 Å². The maximum atomic E-state index is 14.5. The Labute approximate surface area is 193 Å². The second-order valence-corrected chi connectivity index (χ2v) is 9.23. The van der Waals surface area contributed by atoms with Crippen molar-refractivity contribution in [2.45, 2.75) is 13.5 Å². The minimum atomic E-state index is -0.541. The second-order valence-electron chi connectivity index (χ2n) is 7.70. The van der Waals surface area contributed by atoms with Gasteiger partial charge in [0, 0.05) is 26.2 Å². The lowest BCUT2D eigenvalue weighted by atomic mass is 10.0. The van der Waals surface area contributed by atoms with Crippen LogP contribution in [0.15, 0.2) is 47.0 Å². The Morgan fingerprint density at radius 3 is 2.69 bits per heavy atom. The number of carbonyl (C=O) groups excluding carboxylic acids is 1. The molecule has 0 unspecified atom stereocenters. The van der Waals surface area contributed by atoms with E-state index in [1.165, 1.54) is 16.8 Å². The molecule has 0 atom stereocenters. The number of aryl methyl sites for hydroxylation is 1. The monoisotopic (exact) mass is 470 g/mol. The van der Waals surface area contributed by atoms with Crippen LogP contribution in [-0.2, 0) is 6.54 Å². The van der Waals surface area contributed by atoms with E-state index in [0.29, 0.717) is 18.8 Å². The Morgan fingerprint density at radius 1 is 1.16 bits per heavy atom. The number of benzene rings is 2. The molecule has 4 aromatic rings. The first-order valence-electron chi connectivity index (χ1n) is 10.3. The highest BCUT2D eigenvalue weighted by molar-refractivity contribution is 7.18. The molecule has 0 radical (unpaired) electrons. The van der Waals surface area contributed by atoms with Crippen LogP contribution in [0.1, 0.15) is 21.1 Å². The van der Waals surface area contributed by atoms with Crippen molar-refractivity contribution in [1.29, 1.82) is 0 Å². The SMILES string of the molecule is Cc1onc(-c2c(F)cccc2Cl)c1C(=O)N1CCN(Cc2nc3ccccc3s2)CC1. The van der Waals surface area contributed by atoms with Crippen LogP contribution in [0.25, 0.3) is 21.5 Å². The number of nitrogens with zero attached hydrogens (tertiary/aromatic N) is 4. The molecule has 6 nitrogen and oxygen atoms in total. The number of para-hydroxylation sites is 1. The van der Waals surface area contributed by atoms with Crippen LogP contribution in [0.3, 0.4) is 0 Å². The Hall–Kier alpha value is -2.81. The summed E-state index contributed by atoms with van der Waals surface area (Å²) in [5.74, 6) is -0.417. The van der Waals surface area contributed by atoms with E-state index < -0.39 is 5.82 Å². The molecule has 1 saturated heterocycles. The third-order valence-corrected chi connectivity index (χ3v) is 6.97. The quantitative estimate of drug-likeness (QED) is 0.419. The number of halogens is 2. The fourth-order valence-corrected chi connectivity index (χ4v) is 5.23. The summed E-state index contributed by atoms with van der Waals surface area (Å²) in [6.45, 7) is 4.97. The van der Waals surface area contributed by atoms with Gasteiger partial charge >= 0.3 is 0 Å². The van der Waals surface area contributed by atoms with E-state index in [-0.39, 0.29) is 27.8 Å². The van der Waals surface area contributed by atoms with Crippen molar-refractivity contribution >= 4 is 39.1 Å². The van der Waals surface area contributed by atoms with Crippen LogP contribution in [0.2, 0.25) is 5.02 Å². The molecule has 1 aliphatic heterocycles. The van der Waals surface area contributed by atoms with E-state index in [1.807, 2.05) is 18.2 Å². The van der Waals surface area contributed by atoms with Gasteiger partial charge in [0.05, 0.1) is 27.3 Å². The normalized spacial score (nSPS) is 14.9. The van der Waals surface area contributed by atoms with Gasteiger partial charge in [0.1, 0.15) is 27.8 Å². The highest BCUT2D eigenvalue weighted by Crippen LogP contribution is 2.34. The minimum absolute atomic E-state index is 0.0869. The smallest absolute Gasteiger partial charge is 0.259 e. The second kappa shape index (κ2) is 8.61. The van der Waals surface area contributed by atoms with Crippen LogP contribution >= 0.6 is 22.9 Å². The molecular weight excluding hydrogens is 451 g/mol. The molecule has 1 aliphatic rings. The van der Waals surface area contributed by atoms with Crippen molar-refractivity contribution in [3.05, 3.63) is 69.6 Å². The number of aromatic nitrogens is 2. The van der Waals surface area contributed by atoms with Crippen molar-refractivity contribution in [2.75, 3.05) is 26.2 Å². The van der Waals surface area contributed by atoms with Gasteiger partial charge in [-0.15, -0.1) is 11.3 Å². The number of fused-ring (bicyclic) bond motifs is 1. The molecule has 0 spiro atoms. The Balaban J connectivity index is 1.30. The predicted molar refractivity (Wildman–Crippen MR) is 122 cm³/mol. The van der Waals surface area contributed by atoms with Crippen molar-refractivity contribution in [3.63, 3.8) is 0 Å². The van der Waals surface area contributed by atoms with Gasteiger partial charge < -0.3 is 9.42 Å². The van der Waals surface area contributed by atoms with Gasteiger partial charge in [-0.25, -0.2) is 9.37 Å². The maximum absolute atomic E-state index is 14.5. The fraction of sp³-hybridized carbons (Fsp3) is 0.261. The van der Waals surface area contributed by atoms with Gasteiger partial charge in [-0.3, -0.25) is 9.69 Å². The van der Waals surface area contributed by atoms with Crippen LogP contribution < -0.4 is 0 Å². The number of hydrogen-bond acceptors (Lipinski definition) is 6. The number of hydrogen-bond donors (Lipinski definition) is 0. The molecule has 1 amide bonds. The van der Waals surface area contributed by atoms with Gasteiger partial charge in [0.2, 0.25) is 0 Å². The standard InChI is InChI=1S/C23H20ClFN4O2S/c1-14-20(22(27-31-14)21-15(24)5-4-6-16(21)25)23(30)29-11-9-28(10-12-29)13-19-26-17-7-2-3-8-18(17)32-19/h2-8H,9-13H2,1H3. The summed E-state index contributed by atoms with van der Waals surface area (Å²) in [6, 6.07) is 12.5. The van der Waals surface area contributed by atoms with Crippen LogP contribution in [-0.4, -0.2) is 52.0 Å². The maximum Gasteiger partial charge on any atom is 0.259 e. The Morgan fingerprint density at radius 2 is 1.94 bits per heavy atom. The number of piperazine rings is 1. The largest absolute Gasteiger partial charge is 0.360 e. The van der Waals surface area contributed by atoms with E-state index in [4.69, 9.17) is 21.1 Å². The van der Waals surface area contributed by atoms with Crippen molar-refractivity contribution < 1.29 is 13.7 Å². The Bertz CT molecular complexity index is 1240. The molecule has 5 rings (SSSR count). The summed E-state index contributed by atoms with van der Waals surface area (Å²) in [5.41, 5.74) is 1.51. The van der Waals surface area contributed by atoms with E-state index in [2.05, 4.69) is 16.1 Å². The molecule has 32 heavy (non-hydrogen) atoms. The lowest BCUT2D eigenvalue weighted by Gasteiger charge is -2.34. The van der Waals surface area contributed by atoms with Gasteiger partial charge in [-0.05, 0) is 31.2 Å². The first kappa shape index (κ1) is 21.1. The average molecular weight is 471 g/mol. The number of carbonyl (C=O) groups is 1. The first-order chi connectivity index (χ1) is 15.5. The molecule has 164 valence electrons. The molecule has 0 aliphatic carbocycles. The zero-order valence-electron chi connectivity index (χ0n) is 17.3. The third kappa shape index (κ3) is 3.90. The zero-order valence-corrected chi connectivity index (χ0v) is 18.9. The Kier molecular flexibility index (Phi) is 5.67. The van der Waals surface area contributed by atoms with Crippen LogP contribution in [0.5, 0.6) is 0 Å². The highest BCUT2D eigenvalue weighted by Gasteiger charge is 2.30. The fourth-order valence-electron chi connectivity index (χ4n) is 3.96. The topological polar surface area (TPSA) is 62.5 Å². The van der Waals surface area contributed by atoms with Crippen molar-refractivity contribution in [3.8, 4) is 11.3 Å². The van der Waals surface area contributed by atoms with E-state index >= 15 is 0 Å². The average Bonchev–Trinajstić information content (AvgIpc) is 3.36. The van der Waals surface area contributed by atoms with Crippen LogP contribution in [0.4, 0.5) is 4.39 Å². The summed E-state index contributed by atoms with van der Waals surface area (Å²) < 4.78 is 20.9. The van der Waals surface area contributed by atoms with Crippen molar-refractivity contribution in [1.82, 2.24) is 19.9 Å². The molecule has 3 heterocycles. The first-order valence-corrected chi connectivity index (χ1v) is 11.5. The van der Waals surface area contributed by atoms with E-state index in [9.17, 15) is 9.18 Å². The number of rotatable bonds is 4. The summed E-state index contributed by atoms with van der Waals surface area (Å²) >= 11 is 7.90. The molecule has 0 N–H and O–H groups in total. The predicted octanol–water partition coefficient (Wildman–Crippen LogP) is 5.01. The summed E-state index contributed by atoms with van der Waals surface area (Å²) in [6.07, 6.45) is 0. The molecule has 1 fully saturated rings. The highest BCUT2D eigenvalue weighted by atomic mass is 35.5. The molecule has 9 heteroatoms. The van der Waals surface area contributed by atoms with E-state index in [1.54, 1.807) is 29.2 Å². The molecule has 0 bridgehead atoms. The van der Waals surface area contributed by atoms with E-state index in [0.717, 1.165) is 30.2 Å². The lowest BCUT2D eigenvalue weighted by Crippen LogP contribution is -2.48.